The topological polar surface area (TPSA) is 80.3 Å². The Bertz CT molecular complexity index is 1030. The second-order valence-electron chi connectivity index (χ2n) is 6.23. The summed E-state index contributed by atoms with van der Waals surface area (Å²) >= 11 is 0. The van der Waals surface area contributed by atoms with Crippen molar-refractivity contribution in [3.8, 4) is 16.9 Å². The molecule has 134 valence electrons. The molecule has 27 heavy (non-hydrogen) atoms. The normalized spacial score (nSPS) is 12.6. The van der Waals surface area contributed by atoms with Crippen molar-refractivity contribution in [3.63, 3.8) is 0 Å². The van der Waals surface area contributed by atoms with Gasteiger partial charge in [-0.05, 0) is 41.8 Å². The van der Waals surface area contributed by atoms with Crippen LogP contribution in [0.1, 0.15) is 15.9 Å². The lowest BCUT2D eigenvalue weighted by Gasteiger charge is -2.17. The molecule has 0 fully saturated rings. The van der Waals surface area contributed by atoms with Crippen LogP contribution in [0.15, 0.2) is 60.7 Å². The Morgan fingerprint density at radius 2 is 1.89 bits per heavy atom. The maximum atomic E-state index is 12.8. The maximum Gasteiger partial charge on any atom is 0.263 e. The van der Waals surface area contributed by atoms with Gasteiger partial charge in [0.2, 0.25) is 0 Å². The van der Waals surface area contributed by atoms with Crippen molar-refractivity contribution >= 4 is 23.5 Å². The average Bonchev–Trinajstić information content (AvgIpc) is 2.68. The van der Waals surface area contributed by atoms with Crippen molar-refractivity contribution in [1.29, 1.82) is 0 Å². The van der Waals surface area contributed by atoms with Crippen molar-refractivity contribution in [2.45, 2.75) is 6.92 Å². The fourth-order valence-corrected chi connectivity index (χ4v) is 2.89. The average molecular weight is 359 g/mol. The lowest BCUT2D eigenvalue weighted by Crippen LogP contribution is -2.26. The minimum absolute atomic E-state index is 0.0359. The molecule has 4 rings (SSSR count). The predicted molar refractivity (Wildman–Crippen MR) is 103 cm³/mol. The van der Waals surface area contributed by atoms with Gasteiger partial charge in [-0.3, -0.25) is 9.59 Å². The third kappa shape index (κ3) is 3.50. The number of ether oxygens (including phenoxy) is 1. The van der Waals surface area contributed by atoms with Crippen LogP contribution in [0.3, 0.4) is 0 Å². The van der Waals surface area contributed by atoms with Crippen LogP contribution in [0.2, 0.25) is 0 Å². The number of aryl methyl sites for hydroxylation is 1. The monoisotopic (exact) mass is 359 g/mol. The van der Waals surface area contributed by atoms with Gasteiger partial charge < -0.3 is 15.4 Å². The molecule has 6 heteroatoms. The molecule has 6 nitrogen and oxygen atoms in total. The molecule has 1 aliphatic heterocycles. The van der Waals surface area contributed by atoms with Crippen molar-refractivity contribution in [2.75, 3.05) is 17.2 Å². The molecule has 1 aliphatic rings. The molecule has 0 bridgehead atoms. The van der Waals surface area contributed by atoms with Crippen molar-refractivity contribution in [2.24, 2.45) is 0 Å². The van der Waals surface area contributed by atoms with E-state index in [1.807, 2.05) is 55.5 Å². The second-order valence-corrected chi connectivity index (χ2v) is 6.23. The van der Waals surface area contributed by atoms with Crippen LogP contribution < -0.4 is 15.4 Å². The number of carbonyl (C=O) groups is 2. The predicted octanol–water partition coefficient (Wildman–Crippen LogP) is 3.64. The summed E-state index contributed by atoms with van der Waals surface area (Å²) in [6.45, 7) is 1.85. The highest BCUT2D eigenvalue weighted by atomic mass is 16.5. The van der Waals surface area contributed by atoms with Gasteiger partial charge in [0.1, 0.15) is 5.82 Å². The van der Waals surface area contributed by atoms with Crippen LogP contribution in [-0.2, 0) is 4.79 Å². The van der Waals surface area contributed by atoms with Crippen LogP contribution >= 0.6 is 0 Å². The standard InChI is InChI=1S/C21H17N3O3/c1-13-7-8-15(14-5-3-2-4-6-14)11-16(13)21(26)23-18-10-9-17-20(22-18)24-19(25)12-27-17/h2-11H,12H2,1H3,(H2,22,23,24,25,26). The Morgan fingerprint density at radius 3 is 2.70 bits per heavy atom. The van der Waals surface area contributed by atoms with Gasteiger partial charge in [0.25, 0.3) is 11.8 Å². The van der Waals surface area contributed by atoms with Gasteiger partial charge in [-0.2, -0.15) is 0 Å². The van der Waals surface area contributed by atoms with Crippen molar-refractivity contribution in [3.05, 3.63) is 71.8 Å². The van der Waals surface area contributed by atoms with Crippen LogP contribution in [0.4, 0.5) is 11.6 Å². The van der Waals surface area contributed by atoms with E-state index in [2.05, 4.69) is 15.6 Å². The summed E-state index contributed by atoms with van der Waals surface area (Å²) in [4.78, 5) is 28.5. The molecule has 0 spiro atoms. The van der Waals surface area contributed by atoms with Crippen molar-refractivity contribution < 1.29 is 14.3 Å². The molecule has 0 unspecified atom stereocenters. The number of rotatable bonds is 3. The number of nitrogens with zero attached hydrogens (tertiary/aromatic N) is 1. The number of anilines is 2. The summed E-state index contributed by atoms with van der Waals surface area (Å²) in [6.07, 6.45) is 0. The molecular formula is C21H17N3O3. The van der Waals surface area contributed by atoms with E-state index >= 15 is 0 Å². The Kier molecular flexibility index (Phi) is 4.30. The summed E-state index contributed by atoms with van der Waals surface area (Å²) in [6, 6.07) is 19.0. The van der Waals surface area contributed by atoms with E-state index in [0.29, 0.717) is 22.9 Å². The van der Waals surface area contributed by atoms with Gasteiger partial charge in [0, 0.05) is 5.56 Å². The Morgan fingerprint density at radius 1 is 1.07 bits per heavy atom. The van der Waals surface area contributed by atoms with Crippen LogP contribution in [-0.4, -0.2) is 23.4 Å². The summed E-state index contributed by atoms with van der Waals surface area (Å²) in [5, 5.41) is 5.41. The van der Waals surface area contributed by atoms with E-state index in [1.54, 1.807) is 12.1 Å². The lowest BCUT2D eigenvalue weighted by atomic mass is 9.99. The largest absolute Gasteiger partial charge is 0.480 e. The molecule has 0 saturated carbocycles. The minimum atomic E-state index is -0.273. The summed E-state index contributed by atoms with van der Waals surface area (Å²) in [7, 11) is 0. The molecule has 2 amide bonds. The molecule has 2 heterocycles. The molecule has 0 aliphatic carbocycles. The fourth-order valence-electron chi connectivity index (χ4n) is 2.89. The number of aromatic nitrogens is 1. The molecule has 0 saturated heterocycles. The van der Waals surface area contributed by atoms with Crippen molar-refractivity contribution in [1.82, 2.24) is 4.98 Å². The van der Waals surface area contributed by atoms with E-state index in [1.165, 1.54) is 0 Å². The third-order valence-corrected chi connectivity index (χ3v) is 4.31. The van der Waals surface area contributed by atoms with E-state index in [0.717, 1.165) is 16.7 Å². The zero-order valence-electron chi connectivity index (χ0n) is 14.7. The fraction of sp³-hybridized carbons (Fsp3) is 0.0952. The molecular weight excluding hydrogens is 342 g/mol. The molecule has 1 aromatic heterocycles. The summed E-state index contributed by atoms with van der Waals surface area (Å²) in [5.41, 5.74) is 3.43. The maximum absolute atomic E-state index is 12.8. The molecule has 0 atom stereocenters. The quantitative estimate of drug-likeness (QED) is 0.748. The number of pyridine rings is 1. The molecule has 0 radical (unpaired) electrons. The van der Waals surface area contributed by atoms with E-state index in [4.69, 9.17) is 4.74 Å². The van der Waals surface area contributed by atoms with Crippen LogP contribution in [0.25, 0.3) is 11.1 Å². The number of benzene rings is 2. The highest BCUT2D eigenvalue weighted by Crippen LogP contribution is 2.27. The van der Waals surface area contributed by atoms with Gasteiger partial charge in [-0.15, -0.1) is 0 Å². The molecule has 3 aromatic rings. The molecule has 2 aromatic carbocycles. The smallest absolute Gasteiger partial charge is 0.263 e. The highest BCUT2D eigenvalue weighted by molar-refractivity contribution is 6.06. The van der Waals surface area contributed by atoms with Gasteiger partial charge >= 0.3 is 0 Å². The van der Waals surface area contributed by atoms with Gasteiger partial charge in [0.15, 0.2) is 18.2 Å². The molecule has 2 N–H and O–H groups in total. The zero-order valence-corrected chi connectivity index (χ0v) is 14.7. The SMILES string of the molecule is Cc1ccc(-c2ccccc2)cc1C(=O)Nc1ccc2c(n1)NC(=O)CO2. The first-order valence-electron chi connectivity index (χ1n) is 8.51. The van der Waals surface area contributed by atoms with E-state index in [-0.39, 0.29) is 18.4 Å². The first kappa shape index (κ1) is 16.8. The van der Waals surface area contributed by atoms with Gasteiger partial charge in [-0.1, -0.05) is 42.5 Å². The Labute approximate surface area is 156 Å². The number of fused-ring (bicyclic) bond motifs is 1. The van der Waals surface area contributed by atoms with Crippen LogP contribution in [0.5, 0.6) is 5.75 Å². The first-order valence-corrected chi connectivity index (χ1v) is 8.51. The van der Waals surface area contributed by atoms with E-state index < -0.39 is 0 Å². The highest BCUT2D eigenvalue weighted by Gasteiger charge is 2.18. The number of nitrogens with one attached hydrogen (secondary N) is 2. The summed E-state index contributed by atoms with van der Waals surface area (Å²) < 4.78 is 5.28. The first-order chi connectivity index (χ1) is 13.1. The number of carbonyl (C=O) groups excluding carboxylic acids is 2. The minimum Gasteiger partial charge on any atom is -0.480 e. The van der Waals surface area contributed by atoms with E-state index in [9.17, 15) is 9.59 Å². The zero-order chi connectivity index (χ0) is 18.8. The van der Waals surface area contributed by atoms with Gasteiger partial charge in [-0.25, -0.2) is 4.98 Å². The van der Waals surface area contributed by atoms with Gasteiger partial charge in [0.05, 0.1) is 0 Å². The Hall–Kier alpha value is -3.67. The summed E-state index contributed by atoms with van der Waals surface area (Å²) in [5.74, 6) is 0.591. The third-order valence-electron chi connectivity index (χ3n) is 4.31. The van der Waals surface area contributed by atoms with Crippen LogP contribution in [0, 0.1) is 6.92 Å². The lowest BCUT2D eigenvalue weighted by molar-refractivity contribution is -0.118. The number of amides is 2. The Balaban J connectivity index is 1.60. The number of hydrogen-bond donors (Lipinski definition) is 2. The second kappa shape index (κ2) is 6.92. The number of hydrogen-bond acceptors (Lipinski definition) is 4.